The lowest BCUT2D eigenvalue weighted by Gasteiger charge is -2.37. The highest BCUT2D eigenvalue weighted by molar-refractivity contribution is 7.89. The van der Waals surface area contributed by atoms with Crippen LogP contribution in [0.3, 0.4) is 0 Å². The zero-order valence-corrected chi connectivity index (χ0v) is 13.7. The molecule has 0 aromatic heterocycles. The van der Waals surface area contributed by atoms with Crippen molar-refractivity contribution in [1.82, 2.24) is 4.72 Å². The minimum absolute atomic E-state index is 0.124. The molecule has 0 spiro atoms. The SMILES string of the molecule is CC(C)(CNS(=O)(=O)c1cccc(C#N)c1)[NH+]1CCOCC1. The Bertz CT molecular complexity index is 659. The van der Waals surface area contributed by atoms with Crippen molar-refractivity contribution in [2.45, 2.75) is 24.3 Å². The Morgan fingerprint density at radius 2 is 2.05 bits per heavy atom. The van der Waals surface area contributed by atoms with Crippen molar-refractivity contribution in [3.8, 4) is 6.07 Å². The van der Waals surface area contributed by atoms with Crippen LogP contribution in [-0.2, 0) is 14.8 Å². The third kappa shape index (κ3) is 4.05. The van der Waals surface area contributed by atoms with E-state index in [0.717, 1.165) is 13.1 Å². The van der Waals surface area contributed by atoms with Gasteiger partial charge in [-0.2, -0.15) is 5.26 Å². The number of hydrogen-bond acceptors (Lipinski definition) is 4. The summed E-state index contributed by atoms with van der Waals surface area (Å²) < 4.78 is 32.8. The fourth-order valence-corrected chi connectivity index (χ4v) is 3.77. The highest BCUT2D eigenvalue weighted by atomic mass is 32.2. The van der Waals surface area contributed by atoms with Gasteiger partial charge in [-0.05, 0) is 32.0 Å². The van der Waals surface area contributed by atoms with Gasteiger partial charge in [0, 0.05) is 0 Å². The molecule has 1 aromatic rings. The largest absolute Gasteiger partial charge is 0.370 e. The predicted octanol–water partition coefficient (Wildman–Crippen LogP) is -0.470. The van der Waals surface area contributed by atoms with Crippen LogP contribution in [0, 0.1) is 11.3 Å². The van der Waals surface area contributed by atoms with Gasteiger partial charge >= 0.3 is 0 Å². The molecule has 2 rings (SSSR count). The zero-order valence-electron chi connectivity index (χ0n) is 12.9. The zero-order chi connectivity index (χ0) is 16.2. The monoisotopic (exact) mass is 324 g/mol. The van der Waals surface area contributed by atoms with E-state index < -0.39 is 10.0 Å². The summed E-state index contributed by atoms with van der Waals surface area (Å²) in [7, 11) is -3.61. The first-order valence-electron chi connectivity index (χ1n) is 7.28. The van der Waals surface area contributed by atoms with Crippen LogP contribution in [0.4, 0.5) is 0 Å². The maximum Gasteiger partial charge on any atom is 0.240 e. The van der Waals surface area contributed by atoms with E-state index in [9.17, 15) is 8.42 Å². The highest BCUT2D eigenvalue weighted by Crippen LogP contribution is 2.11. The number of hydrogen-bond donors (Lipinski definition) is 2. The number of nitrogens with zero attached hydrogens (tertiary/aromatic N) is 1. The van der Waals surface area contributed by atoms with Crippen molar-refractivity contribution in [2.75, 3.05) is 32.8 Å². The Kier molecular flexibility index (Phi) is 5.19. The fourth-order valence-electron chi connectivity index (χ4n) is 2.51. The Morgan fingerprint density at radius 1 is 1.36 bits per heavy atom. The van der Waals surface area contributed by atoms with Crippen molar-refractivity contribution in [3.05, 3.63) is 29.8 Å². The predicted molar refractivity (Wildman–Crippen MR) is 81.9 cm³/mol. The van der Waals surface area contributed by atoms with Crippen molar-refractivity contribution in [3.63, 3.8) is 0 Å². The van der Waals surface area contributed by atoms with Gasteiger partial charge in [0.15, 0.2) is 0 Å². The average molecular weight is 324 g/mol. The van der Waals surface area contributed by atoms with Crippen molar-refractivity contribution in [1.29, 1.82) is 5.26 Å². The van der Waals surface area contributed by atoms with Gasteiger partial charge < -0.3 is 9.64 Å². The lowest BCUT2D eigenvalue weighted by Crippen LogP contribution is -3.22. The molecule has 22 heavy (non-hydrogen) atoms. The van der Waals surface area contributed by atoms with Crippen LogP contribution in [-0.4, -0.2) is 46.8 Å². The van der Waals surface area contributed by atoms with Crippen LogP contribution < -0.4 is 9.62 Å². The molecule has 7 heteroatoms. The summed E-state index contributed by atoms with van der Waals surface area (Å²) in [6, 6.07) is 8.00. The van der Waals surface area contributed by atoms with Gasteiger partial charge in [0.2, 0.25) is 10.0 Å². The Morgan fingerprint density at radius 3 is 2.68 bits per heavy atom. The standard InChI is InChI=1S/C15H21N3O3S/c1-15(2,18-6-8-21-9-7-18)12-17-22(19,20)14-5-3-4-13(10-14)11-16/h3-5,10,17H,6-9,12H2,1-2H3/p+1. The van der Waals surface area contributed by atoms with Crippen LogP contribution >= 0.6 is 0 Å². The molecule has 1 saturated heterocycles. The molecular formula is C15H22N3O3S+. The third-order valence-electron chi connectivity index (χ3n) is 4.03. The van der Waals surface area contributed by atoms with Crippen molar-refractivity contribution >= 4 is 10.0 Å². The molecule has 6 nitrogen and oxygen atoms in total. The normalized spacial score (nSPS) is 17.1. The summed E-state index contributed by atoms with van der Waals surface area (Å²) in [6.45, 7) is 7.58. The minimum atomic E-state index is -3.61. The molecular weight excluding hydrogens is 302 g/mol. The molecule has 0 amide bonds. The summed E-state index contributed by atoms with van der Waals surface area (Å²) in [5.74, 6) is 0. The molecule has 1 aromatic carbocycles. The van der Waals surface area contributed by atoms with Gasteiger partial charge in [-0.25, -0.2) is 13.1 Å². The number of morpholine rings is 1. The third-order valence-corrected chi connectivity index (χ3v) is 5.43. The van der Waals surface area contributed by atoms with Gasteiger partial charge in [0.25, 0.3) is 0 Å². The summed E-state index contributed by atoms with van der Waals surface area (Å²) in [6.07, 6.45) is 0. The second-order valence-electron chi connectivity index (χ2n) is 6.06. The number of nitrogens with one attached hydrogen (secondary N) is 2. The maximum atomic E-state index is 12.4. The van der Waals surface area contributed by atoms with Crippen LogP contribution in [0.2, 0.25) is 0 Å². The Balaban J connectivity index is 2.07. The van der Waals surface area contributed by atoms with E-state index in [2.05, 4.69) is 4.72 Å². The van der Waals surface area contributed by atoms with Crippen LogP contribution in [0.1, 0.15) is 19.4 Å². The first-order chi connectivity index (χ1) is 10.3. The molecule has 1 fully saturated rings. The van der Waals surface area contributed by atoms with E-state index in [1.807, 2.05) is 19.9 Å². The van der Waals surface area contributed by atoms with E-state index in [1.165, 1.54) is 17.0 Å². The van der Waals surface area contributed by atoms with E-state index in [4.69, 9.17) is 10.00 Å². The average Bonchev–Trinajstić information content (AvgIpc) is 2.54. The number of benzene rings is 1. The van der Waals surface area contributed by atoms with Gasteiger partial charge in [-0.1, -0.05) is 6.07 Å². The number of ether oxygens (including phenoxy) is 1. The summed E-state index contributed by atoms with van der Waals surface area (Å²) in [5.41, 5.74) is 0.116. The van der Waals surface area contributed by atoms with E-state index in [-0.39, 0.29) is 10.4 Å². The second-order valence-corrected chi connectivity index (χ2v) is 7.83. The van der Waals surface area contributed by atoms with Gasteiger partial charge in [-0.3, -0.25) is 0 Å². The molecule has 0 radical (unpaired) electrons. The molecule has 0 saturated carbocycles. The first kappa shape index (κ1) is 16.9. The van der Waals surface area contributed by atoms with E-state index in [1.54, 1.807) is 12.1 Å². The van der Waals surface area contributed by atoms with E-state index >= 15 is 0 Å². The Labute approximate surface area is 131 Å². The summed E-state index contributed by atoms with van der Waals surface area (Å²) >= 11 is 0. The molecule has 1 heterocycles. The Hall–Kier alpha value is -1.46. The lowest BCUT2D eigenvalue weighted by atomic mass is 10.0. The van der Waals surface area contributed by atoms with Gasteiger partial charge in [0.05, 0.1) is 36.3 Å². The van der Waals surface area contributed by atoms with Crippen LogP contribution in [0.25, 0.3) is 0 Å². The molecule has 0 aliphatic carbocycles. The van der Waals surface area contributed by atoms with Gasteiger partial charge in [0.1, 0.15) is 18.6 Å². The number of rotatable bonds is 5. The minimum Gasteiger partial charge on any atom is -0.370 e. The topological polar surface area (TPSA) is 83.6 Å². The molecule has 0 bridgehead atoms. The molecule has 120 valence electrons. The molecule has 0 unspecified atom stereocenters. The van der Waals surface area contributed by atoms with Crippen molar-refractivity contribution in [2.24, 2.45) is 0 Å². The fraction of sp³-hybridized carbons (Fsp3) is 0.533. The lowest BCUT2D eigenvalue weighted by molar-refractivity contribution is -0.954. The molecule has 1 aliphatic heterocycles. The van der Waals surface area contributed by atoms with Crippen LogP contribution in [0.5, 0.6) is 0 Å². The first-order valence-corrected chi connectivity index (χ1v) is 8.76. The number of sulfonamides is 1. The molecule has 1 aliphatic rings. The summed E-state index contributed by atoms with van der Waals surface area (Å²) in [4.78, 5) is 1.45. The maximum absolute atomic E-state index is 12.4. The number of quaternary nitrogens is 1. The van der Waals surface area contributed by atoms with Gasteiger partial charge in [-0.15, -0.1) is 0 Å². The summed E-state index contributed by atoms with van der Waals surface area (Å²) in [5, 5.41) is 8.88. The molecule has 2 N–H and O–H groups in total. The quantitative estimate of drug-likeness (QED) is 0.767. The van der Waals surface area contributed by atoms with E-state index in [0.29, 0.717) is 25.3 Å². The highest BCUT2D eigenvalue weighted by Gasteiger charge is 2.33. The van der Waals surface area contributed by atoms with Crippen molar-refractivity contribution < 1.29 is 18.1 Å². The van der Waals surface area contributed by atoms with Crippen LogP contribution in [0.15, 0.2) is 29.2 Å². The smallest absolute Gasteiger partial charge is 0.240 e. The number of nitriles is 1. The second kappa shape index (κ2) is 6.75. The molecule has 0 atom stereocenters.